The van der Waals surface area contributed by atoms with E-state index in [1.807, 2.05) is 6.08 Å². The number of alkyl halides is 3. The van der Waals surface area contributed by atoms with Crippen LogP contribution in [0.1, 0.15) is 36.9 Å². The number of hydrogen-bond acceptors (Lipinski definition) is 7. The van der Waals surface area contributed by atoms with Gasteiger partial charge in [-0.3, -0.25) is 24.2 Å². The highest BCUT2D eigenvalue weighted by atomic mass is 35.5. The average Bonchev–Trinajstić information content (AvgIpc) is 3.20. The van der Waals surface area contributed by atoms with Gasteiger partial charge in [0.25, 0.3) is 11.8 Å². The number of hydrogen-bond donors (Lipinski definition) is 1. The molecule has 0 radical (unpaired) electrons. The van der Waals surface area contributed by atoms with E-state index in [2.05, 4.69) is 4.98 Å². The number of ketones is 2. The van der Waals surface area contributed by atoms with Crippen LogP contribution >= 0.6 is 11.6 Å². The van der Waals surface area contributed by atoms with Gasteiger partial charge in [0.1, 0.15) is 11.4 Å². The number of phenols is 1. The van der Waals surface area contributed by atoms with Gasteiger partial charge in [0.2, 0.25) is 0 Å². The van der Waals surface area contributed by atoms with Crippen molar-refractivity contribution in [2.24, 2.45) is 17.8 Å². The highest BCUT2D eigenvalue weighted by Gasteiger charge is 2.57. The molecule has 1 aliphatic heterocycles. The summed E-state index contributed by atoms with van der Waals surface area (Å²) in [5.74, 6) is -5.42. The summed E-state index contributed by atoms with van der Waals surface area (Å²) in [5, 5.41) is 11.4. The third-order valence-electron chi connectivity index (χ3n) is 8.49. The molecule has 4 atom stereocenters. The fourth-order valence-electron chi connectivity index (χ4n) is 6.60. The number of rotatable bonds is 3. The van der Waals surface area contributed by atoms with E-state index in [1.54, 1.807) is 19.1 Å². The molecule has 8 nitrogen and oxygen atoms in total. The number of carbonyl (C=O) groups is 4. The van der Waals surface area contributed by atoms with Crippen molar-refractivity contribution in [3.63, 3.8) is 0 Å². The Morgan fingerprint density at radius 3 is 2.38 bits per heavy atom. The summed E-state index contributed by atoms with van der Waals surface area (Å²) in [4.78, 5) is 57.8. The normalized spacial score (nSPS) is 25.6. The van der Waals surface area contributed by atoms with Gasteiger partial charge in [-0.15, -0.1) is 0 Å². The third kappa shape index (κ3) is 4.17. The molecule has 0 spiro atoms. The Morgan fingerprint density at radius 2 is 1.71 bits per heavy atom. The maximum Gasteiger partial charge on any atom is 0.433 e. The first-order valence-corrected chi connectivity index (χ1v) is 13.5. The van der Waals surface area contributed by atoms with Crippen LogP contribution in [0.2, 0.25) is 5.02 Å². The van der Waals surface area contributed by atoms with Gasteiger partial charge < -0.3 is 5.11 Å². The van der Waals surface area contributed by atoms with Crippen molar-refractivity contribution >= 4 is 40.8 Å². The zero-order chi connectivity index (χ0) is 30.2. The van der Waals surface area contributed by atoms with E-state index in [1.165, 1.54) is 25.3 Å². The maximum atomic E-state index is 14.0. The quantitative estimate of drug-likeness (QED) is 0.303. The van der Waals surface area contributed by atoms with Crippen LogP contribution in [0.3, 0.4) is 0 Å². The molecule has 2 amide bonds. The van der Waals surface area contributed by atoms with E-state index in [0.29, 0.717) is 28.3 Å². The number of phenolic OH excluding ortho intramolecular Hbond substituents is 1. The minimum Gasteiger partial charge on any atom is -0.508 e. The fraction of sp³-hybridized carbons (Fsp3) is 0.300. The highest BCUT2D eigenvalue weighted by Crippen LogP contribution is 2.55. The topological polar surface area (TPSA) is 108 Å². The fourth-order valence-corrected chi connectivity index (χ4v) is 6.83. The van der Waals surface area contributed by atoms with Gasteiger partial charge in [-0.25, -0.2) is 4.98 Å². The molecule has 42 heavy (non-hydrogen) atoms. The Hall–Kier alpha value is -4.25. The highest BCUT2D eigenvalue weighted by molar-refractivity contribution is 6.33. The van der Waals surface area contributed by atoms with Gasteiger partial charge >= 0.3 is 6.18 Å². The number of Topliss-reactive ketones (excluding diaryl/α,β-unsaturated/α-hetero) is 1. The number of aromatic hydroxyl groups is 1. The van der Waals surface area contributed by atoms with E-state index < -0.39 is 53.2 Å². The monoisotopic (exact) mass is 597 g/mol. The van der Waals surface area contributed by atoms with Crippen molar-refractivity contribution in [3.8, 4) is 5.75 Å². The summed E-state index contributed by atoms with van der Waals surface area (Å²) in [6.07, 6.45) is -1.50. The molecule has 1 aromatic heterocycles. The molecule has 12 heteroatoms. The van der Waals surface area contributed by atoms with Crippen molar-refractivity contribution in [2.45, 2.75) is 31.9 Å². The standard InChI is InChI=1S/C30H23ClF3N3O5/c1-13-11-21(39)19-12-18-16(23(25(19)26(13)40)14-3-5-15(38)6-4-14)7-8-17-24(18)29(42)37(28(17)41)36(2)27-20(31)9-10-22(35-27)30(32,33)34/h3-7,9-11,17-18,23-24,38H,8,12H2,1-2H3/t17-,18+,23-,24-/m0/s1. The molecule has 0 unspecified atom stereocenters. The number of halogens is 4. The number of allylic oxidation sites excluding steroid dienone is 6. The summed E-state index contributed by atoms with van der Waals surface area (Å²) in [6, 6.07) is 7.94. The predicted octanol–water partition coefficient (Wildman–Crippen LogP) is 4.94. The van der Waals surface area contributed by atoms with Crippen molar-refractivity contribution in [2.75, 3.05) is 12.1 Å². The summed E-state index contributed by atoms with van der Waals surface area (Å²) in [5.41, 5.74) is 0.981. The molecular formula is C30H23ClF3N3O5. The Balaban J connectivity index is 1.42. The minimum absolute atomic E-state index is 0.0113. The SMILES string of the molecule is CC1=CC(=O)C2=C(C1=O)[C@@H](c1ccc(O)cc1)C1=CC[C@@H]3C(=O)N(N(C)c4nc(C(F)(F)F)ccc4Cl)C(=O)[C@@H]3[C@@H]1C2. The summed E-state index contributed by atoms with van der Waals surface area (Å²) < 4.78 is 40.2. The minimum atomic E-state index is -4.78. The molecule has 1 aromatic carbocycles. The number of pyridine rings is 1. The van der Waals surface area contributed by atoms with Crippen LogP contribution in [0.5, 0.6) is 5.75 Å². The van der Waals surface area contributed by atoms with Gasteiger partial charge in [0.05, 0.1) is 16.9 Å². The number of benzene rings is 1. The van der Waals surface area contributed by atoms with Crippen LogP contribution in [0.4, 0.5) is 19.0 Å². The lowest BCUT2D eigenvalue weighted by molar-refractivity contribution is -0.141. The zero-order valence-corrected chi connectivity index (χ0v) is 23.0. The van der Waals surface area contributed by atoms with Crippen LogP contribution in [-0.4, -0.2) is 45.5 Å². The van der Waals surface area contributed by atoms with Crippen LogP contribution in [0, 0.1) is 17.8 Å². The molecule has 3 aliphatic carbocycles. The number of amides is 2. The van der Waals surface area contributed by atoms with Gasteiger partial charge in [-0.05, 0) is 61.6 Å². The first-order valence-electron chi connectivity index (χ1n) is 13.1. The molecular weight excluding hydrogens is 575 g/mol. The lowest BCUT2D eigenvalue weighted by atomic mass is 9.59. The number of imide groups is 1. The summed E-state index contributed by atoms with van der Waals surface area (Å²) in [6.45, 7) is 1.56. The number of carbonyl (C=O) groups excluding carboxylic acids is 4. The molecule has 1 N–H and O–H groups in total. The molecule has 4 aliphatic rings. The maximum absolute atomic E-state index is 14.0. The Morgan fingerprint density at radius 1 is 1.02 bits per heavy atom. The summed E-state index contributed by atoms with van der Waals surface area (Å²) >= 11 is 6.16. The van der Waals surface area contributed by atoms with Crippen molar-refractivity contribution in [3.05, 3.63) is 87.1 Å². The van der Waals surface area contributed by atoms with Gasteiger partial charge in [0.15, 0.2) is 17.4 Å². The molecule has 0 bridgehead atoms. The van der Waals surface area contributed by atoms with E-state index in [4.69, 9.17) is 11.6 Å². The second kappa shape index (κ2) is 9.65. The molecule has 216 valence electrons. The number of fused-ring (bicyclic) bond motifs is 3. The van der Waals surface area contributed by atoms with Gasteiger partial charge in [-0.2, -0.15) is 18.2 Å². The number of anilines is 1. The van der Waals surface area contributed by atoms with Gasteiger partial charge in [-0.1, -0.05) is 35.4 Å². The van der Waals surface area contributed by atoms with Crippen LogP contribution in [0.25, 0.3) is 0 Å². The molecule has 2 heterocycles. The number of nitrogens with zero attached hydrogens (tertiary/aromatic N) is 3. The molecule has 6 rings (SSSR count). The molecule has 1 saturated heterocycles. The Kier molecular flexibility index (Phi) is 6.41. The number of aromatic nitrogens is 1. The largest absolute Gasteiger partial charge is 0.508 e. The van der Waals surface area contributed by atoms with E-state index >= 15 is 0 Å². The third-order valence-corrected chi connectivity index (χ3v) is 8.79. The number of hydrazine groups is 1. The smallest absolute Gasteiger partial charge is 0.433 e. The second-order valence-electron chi connectivity index (χ2n) is 10.8. The molecule has 2 aromatic rings. The molecule has 0 saturated carbocycles. The lowest BCUT2D eigenvalue weighted by Gasteiger charge is -2.42. The second-order valence-corrected chi connectivity index (χ2v) is 11.2. The Labute approximate surface area is 242 Å². The van der Waals surface area contributed by atoms with Crippen LogP contribution in [-0.2, 0) is 25.4 Å². The van der Waals surface area contributed by atoms with E-state index in [-0.39, 0.29) is 40.8 Å². The van der Waals surface area contributed by atoms with Crippen molar-refractivity contribution < 1.29 is 37.5 Å². The van der Waals surface area contributed by atoms with Crippen molar-refractivity contribution in [1.29, 1.82) is 0 Å². The molecule has 1 fully saturated rings. The predicted molar refractivity (Wildman–Crippen MR) is 144 cm³/mol. The zero-order valence-electron chi connectivity index (χ0n) is 22.3. The van der Waals surface area contributed by atoms with E-state index in [9.17, 15) is 37.5 Å². The summed E-state index contributed by atoms with van der Waals surface area (Å²) in [7, 11) is 1.24. The van der Waals surface area contributed by atoms with Gasteiger partial charge in [0, 0.05) is 29.7 Å². The Bertz CT molecular complexity index is 1680. The van der Waals surface area contributed by atoms with E-state index in [0.717, 1.165) is 16.1 Å². The average molecular weight is 598 g/mol. The van der Waals surface area contributed by atoms with Crippen LogP contribution < -0.4 is 5.01 Å². The lowest BCUT2D eigenvalue weighted by Crippen LogP contribution is -2.46. The first-order chi connectivity index (χ1) is 19.8. The first kappa shape index (κ1) is 27.9. The van der Waals surface area contributed by atoms with Crippen molar-refractivity contribution in [1.82, 2.24) is 9.99 Å². The van der Waals surface area contributed by atoms with Crippen LogP contribution in [0.15, 0.2) is 70.8 Å².